The van der Waals surface area contributed by atoms with Gasteiger partial charge in [0.1, 0.15) is 0 Å². The van der Waals surface area contributed by atoms with Crippen molar-refractivity contribution in [2.75, 3.05) is 0 Å². The number of halogens is 1. The Bertz CT molecular complexity index is 307. The fourth-order valence-corrected chi connectivity index (χ4v) is 5.83. The average molecular weight is 274 g/mol. The van der Waals surface area contributed by atoms with Gasteiger partial charge in [-0.3, -0.25) is 10.1 Å². The van der Waals surface area contributed by atoms with Gasteiger partial charge in [0.25, 0.3) is 0 Å². The first-order valence-corrected chi connectivity index (χ1v) is 6.34. The Morgan fingerprint density at radius 2 is 1.87 bits per heavy atom. The van der Waals surface area contributed by atoms with Crippen molar-refractivity contribution in [3.05, 3.63) is 15.5 Å². The molecule has 4 saturated carbocycles. The highest BCUT2D eigenvalue weighted by atomic mass is 79.9. The molecule has 4 aliphatic rings. The normalized spacial score (nSPS) is 51.8. The highest BCUT2D eigenvalue weighted by Crippen LogP contribution is 2.62. The fourth-order valence-electron chi connectivity index (χ4n) is 4.39. The number of hydrogen-bond donors (Lipinski definition) is 0. The molecule has 0 N–H and O–H groups in total. The predicted molar refractivity (Wildman–Crippen MR) is 59.4 cm³/mol. The van der Waals surface area contributed by atoms with Gasteiger partial charge in [0.05, 0.1) is 0 Å². The topological polar surface area (TPSA) is 57.2 Å². The maximum absolute atomic E-state index is 10.6. The van der Waals surface area contributed by atoms with Crippen LogP contribution >= 0.6 is 15.9 Å². The number of rotatable bonds is 2. The lowest BCUT2D eigenvalue weighted by atomic mass is 9.53. The smallest absolute Gasteiger partial charge is 0.0255 e. The standard InChI is InChI=1S/C10H14BrN2O2/c11-9-2-7-1-8(3-9)5-10(4-7,6-9)12-13(14)15/h7-8H,1-6H2/q-1/t7-,8+,9?,10?. The molecule has 0 spiro atoms. The van der Waals surface area contributed by atoms with Gasteiger partial charge in [-0.15, -0.1) is 0 Å². The second-order valence-electron chi connectivity index (χ2n) is 5.67. The van der Waals surface area contributed by atoms with Gasteiger partial charge in [0.15, 0.2) is 0 Å². The number of alkyl halides is 1. The molecule has 0 aromatic heterocycles. The van der Waals surface area contributed by atoms with Crippen molar-refractivity contribution in [3.8, 4) is 0 Å². The second-order valence-corrected chi connectivity index (χ2v) is 7.36. The third-order valence-electron chi connectivity index (χ3n) is 4.25. The van der Waals surface area contributed by atoms with Crippen molar-refractivity contribution in [1.29, 1.82) is 0 Å². The largest absolute Gasteiger partial charge is 0.372 e. The molecule has 0 aromatic carbocycles. The summed E-state index contributed by atoms with van der Waals surface area (Å²) in [6, 6.07) is 0. The molecule has 0 heterocycles. The number of nitro groups is 1. The molecule has 0 amide bonds. The Labute approximate surface area is 97.0 Å². The summed E-state index contributed by atoms with van der Waals surface area (Å²) in [4.78, 5) is 10.6. The van der Waals surface area contributed by atoms with Gasteiger partial charge >= 0.3 is 0 Å². The lowest BCUT2D eigenvalue weighted by Crippen LogP contribution is -2.56. The quantitative estimate of drug-likeness (QED) is 0.441. The predicted octanol–water partition coefficient (Wildman–Crippen LogP) is 3.04. The van der Waals surface area contributed by atoms with E-state index in [9.17, 15) is 10.1 Å². The zero-order valence-corrected chi connectivity index (χ0v) is 10.1. The van der Waals surface area contributed by atoms with Crippen molar-refractivity contribution in [1.82, 2.24) is 0 Å². The van der Waals surface area contributed by atoms with E-state index in [0.717, 1.165) is 19.3 Å². The molecule has 2 unspecified atom stereocenters. The zero-order valence-electron chi connectivity index (χ0n) is 8.49. The summed E-state index contributed by atoms with van der Waals surface area (Å²) in [5, 5.41) is 10.1. The Hall–Kier alpha value is -0.320. The Morgan fingerprint density at radius 1 is 1.27 bits per heavy atom. The summed E-state index contributed by atoms with van der Waals surface area (Å²) in [6.07, 6.45) is 6.41. The molecule has 0 aromatic rings. The molecule has 0 saturated heterocycles. The third kappa shape index (κ3) is 1.55. The maximum atomic E-state index is 10.6. The average Bonchev–Trinajstić information content (AvgIpc) is 1.94. The van der Waals surface area contributed by atoms with Crippen LogP contribution in [0, 0.1) is 22.0 Å². The first kappa shape index (κ1) is 9.87. The minimum Gasteiger partial charge on any atom is -0.372 e. The van der Waals surface area contributed by atoms with Crippen molar-refractivity contribution in [2.24, 2.45) is 11.8 Å². The fraction of sp³-hybridized carbons (Fsp3) is 1.00. The van der Waals surface area contributed by atoms with E-state index in [4.69, 9.17) is 0 Å². The van der Waals surface area contributed by atoms with Crippen LogP contribution in [0.5, 0.6) is 0 Å². The molecule has 4 atom stereocenters. The van der Waals surface area contributed by atoms with Gasteiger partial charge in [-0.2, -0.15) is 0 Å². The van der Waals surface area contributed by atoms with E-state index in [1.165, 1.54) is 19.3 Å². The van der Waals surface area contributed by atoms with Gasteiger partial charge in [0.2, 0.25) is 0 Å². The van der Waals surface area contributed by atoms with Crippen molar-refractivity contribution in [2.45, 2.75) is 48.4 Å². The first-order chi connectivity index (χ1) is 6.99. The number of hydrogen-bond acceptors (Lipinski definition) is 2. The first-order valence-electron chi connectivity index (χ1n) is 5.55. The maximum Gasteiger partial charge on any atom is 0.0255 e. The van der Waals surface area contributed by atoms with E-state index >= 15 is 0 Å². The Morgan fingerprint density at radius 3 is 2.33 bits per heavy atom. The van der Waals surface area contributed by atoms with Crippen molar-refractivity contribution >= 4 is 15.9 Å². The summed E-state index contributed by atoms with van der Waals surface area (Å²) in [5.74, 6) is 1.32. The molecule has 4 nitrogen and oxygen atoms in total. The van der Waals surface area contributed by atoms with E-state index in [2.05, 4.69) is 21.4 Å². The summed E-state index contributed by atoms with van der Waals surface area (Å²) in [7, 11) is 0. The highest BCUT2D eigenvalue weighted by molar-refractivity contribution is 9.10. The molecule has 15 heavy (non-hydrogen) atoms. The van der Waals surface area contributed by atoms with Crippen LogP contribution in [-0.2, 0) is 0 Å². The molecule has 5 heteroatoms. The van der Waals surface area contributed by atoms with Crippen LogP contribution in [-0.4, -0.2) is 14.9 Å². The van der Waals surface area contributed by atoms with Crippen molar-refractivity contribution < 1.29 is 5.03 Å². The van der Waals surface area contributed by atoms with Gasteiger partial charge in [-0.05, 0) is 42.6 Å². The molecule has 4 aliphatic carbocycles. The molecular formula is C10H14BrN2O2-. The molecule has 4 fully saturated rings. The summed E-state index contributed by atoms with van der Waals surface area (Å²) >= 11 is 3.80. The zero-order chi connectivity index (χ0) is 10.7. The molecule has 0 aliphatic heterocycles. The highest BCUT2D eigenvalue weighted by Gasteiger charge is 2.54. The van der Waals surface area contributed by atoms with Crippen LogP contribution < -0.4 is 0 Å². The lowest BCUT2D eigenvalue weighted by Gasteiger charge is -2.63. The second kappa shape index (κ2) is 2.87. The van der Waals surface area contributed by atoms with Crippen molar-refractivity contribution in [3.63, 3.8) is 0 Å². The minimum atomic E-state index is -0.469. The minimum absolute atomic E-state index is 0.163. The summed E-state index contributed by atoms with van der Waals surface area (Å²) < 4.78 is 0.163. The monoisotopic (exact) mass is 273 g/mol. The number of nitrogens with zero attached hydrogens (tertiary/aromatic N) is 2. The van der Waals surface area contributed by atoms with Crippen LogP contribution in [0.1, 0.15) is 38.5 Å². The molecular weight excluding hydrogens is 260 g/mol. The SMILES string of the molecule is O=[N+]([O-])[N-]C12C[C@@H]3C[C@@H](CC(Br)(C3)C1)C2. The Kier molecular flexibility index (Phi) is 1.89. The van der Waals surface area contributed by atoms with Crippen LogP contribution in [0.4, 0.5) is 0 Å². The van der Waals surface area contributed by atoms with Gasteiger partial charge < -0.3 is 5.43 Å². The molecule has 0 radical (unpaired) electrons. The Balaban J connectivity index is 1.89. The summed E-state index contributed by atoms with van der Waals surface area (Å²) in [5.41, 5.74) is 3.47. The van der Waals surface area contributed by atoms with Crippen LogP contribution in [0.3, 0.4) is 0 Å². The van der Waals surface area contributed by atoms with Crippen LogP contribution in [0.15, 0.2) is 0 Å². The van der Waals surface area contributed by atoms with Gasteiger partial charge in [-0.25, -0.2) is 0 Å². The third-order valence-corrected chi connectivity index (χ3v) is 5.18. The van der Waals surface area contributed by atoms with Crippen LogP contribution in [0.2, 0.25) is 0 Å². The molecule has 4 bridgehead atoms. The van der Waals surface area contributed by atoms with Gasteiger partial charge in [-0.1, -0.05) is 34.3 Å². The molecule has 4 rings (SSSR count). The van der Waals surface area contributed by atoms with E-state index in [1.807, 2.05) is 0 Å². The van der Waals surface area contributed by atoms with E-state index in [-0.39, 0.29) is 9.86 Å². The van der Waals surface area contributed by atoms with Gasteiger partial charge in [0, 0.05) is 4.32 Å². The van der Waals surface area contributed by atoms with E-state index < -0.39 is 5.03 Å². The lowest BCUT2D eigenvalue weighted by molar-refractivity contribution is -0.440. The summed E-state index contributed by atoms with van der Waals surface area (Å²) in [6.45, 7) is 0. The molecule has 84 valence electrons. The van der Waals surface area contributed by atoms with Crippen LogP contribution in [0.25, 0.3) is 5.43 Å². The van der Waals surface area contributed by atoms with E-state index in [1.54, 1.807) is 0 Å². The van der Waals surface area contributed by atoms with E-state index in [0.29, 0.717) is 11.8 Å².